The van der Waals surface area contributed by atoms with Crippen LogP contribution in [0.25, 0.3) is 0 Å². The van der Waals surface area contributed by atoms with Crippen molar-refractivity contribution in [1.82, 2.24) is 0 Å². The fourth-order valence-electron chi connectivity index (χ4n) is 2.05. The van der Waals surface area contributed by atoms with Crippen molar-refractivity contribution < 1.29 is 4.79 Å². The molecule has 1 atom stereocenters. The molecule has 0 heterocycles. The molecule has 2 rings (SSSR count). The summed E-state index contributed by atoms with van der Waals surface area (Å²) >= 11 is 3.42. The minimum absolute atomic E-state index is 0.168. The average molecular weight is 328 g/mol. The minimum atomic E-state index is -0.760. The van der Waals surface area contributed by atoms with Gasteiger partial charge in [0.05, 0.1) is 6.07 Å². The lowest BCUT2D eigenvalue weighted by Gasteiger charge is -2.10. The number of aryl methyl sites for hydroxylation is 2. The van der Waals surface area contributed by atoms with Crippen LogP contribution in [0.4, 0.5) is 0 Å². The third kappa shape index (κ3) is 2.97. The Hall–Kier alpha value is -1.92. The van der Waals surface area contributed by atoms with Crippen LogP contribution in [0.3, 0.4) is 0 Å². The van der Waals surface area contributed by atoms with Crippen LogP contribution < -0.4 is 0 Å². The Kier molecular flexibility index (Phi) is 4.36. The third-order valence-corrected chi connectivity index (χ3v) is 4.08. The van der Waals surface area contributed by atoms with Crippen molar-refractivity contribution in [2.45, 2.75) is 19.8 Å². The Morgan fingerprint density at radius 1 is 1.20 bits per heavy atom. The molecule has 0 aliphatic heterocycles. The van der Waals surface area contributed by atoms with E-state index in [1.807, 2.05) is 44.2 Å². The predicted molar refractivity (Wildman–Crippen MR) is 82.7 cm³/mol. The van der Waals surface area contributed by atoms with Crippen LogP contribution in [0.1, 0.15) is 33.0 Å². The molecule has 0 aliphatic carbocycles. The average Bonchev–Trinajstić information content (AvgIpc) is 2.42. The lowest BCUT2D eigenvalue weighted by atomic mass is 9.91. The Labute approximate surface area is 127 Å². The van der Waals surface area contributed by atoms with Crippen LogP contribution in [0.2, 0.25) is 0 Å². The van der Waals surface area contributed by atoms with E-state index in [9.17, 15) is 10.1 Å². The minimum Gasteiger partial charge on any atom is -0.292 e. The van der Waals surface area contributed by atoms with Crippen molar-refractivity contribution in [2.75, 3.05) is 0 Å². The molecule has 0 N–H and O–H groups in total. The maximum atomic E-state index is 12.5. The first-order chi connectivity index (χ1) is 9.52. The zero-order valence-corrected chi connectivity index (χ0v) is 12.9. The topological polar surface area (TPSA) is 40.9 Å². The van der Waals surface area contributed by atoms with E-state index in [2.05, 4.69) is 22.0 Å². The molecule has 1 unspecified atom stereocenters. The molecule has 0 aliphatic rings. The molecule has 2 aromatic rings. The standard InChI is InChI=1S/C17H14BrNO/c1-11-4-3-5-13(8-11)15(10-19)17(20)14-7-6-12(2)16(18)9-14/h3-9,15H,1-2H3. The molecule has 0 amide bonds. The van der Waals surface area contributed by atoms with E-state index >= 15 is 0 Å². The van der Waals surface area contributed by atoms with Crippen molar-refractivity contribution >= 4 is 21.7 Å². The summed E-state index contributed by atoms with van der Waals surface area (Å²) in [5.41, 5.74) is 3.40. The van der Waals surface area contributed by atoms with Crippen molar-refractivity contribution in [3.8, 4) is 6.07 Å². The summed E-state index contributed by atoms with van der Waals surface area (Å²) in [6.45, 7) is 3.91. The van der Waals surface area contributed by atoms with Crippen molar-refractivity contribution in [3.63, 3.8) is 0 Å². The molecule has 0 bridgehead atoms. The van der Waals surface area contributed by atoms with Gasteiger partial charge in [0, 0.05) is 10.0 Å². The number of rotatable bonds is 3. The number of halogens is 1. The second kappa shape index (κ2) is 6.02. The Morgan fingerprint density at radius 2 is 1.95 bits per heavy atom. The summed E-state index contributed by atoms with van der Waals surface area (Å²) in [4.78, 5) is 12.5. The number of benzene rings is 2. The fourth-order valence-corrected chi connectivity index (χ4v) is 2.43. The number of Topliss-reactive ketones (excluding diaryl/α,β-unsaturated/α-hetero) is 1. The Morgan fingerprint density at radius 3 is 2.55 bits per heavy atom. The van der Waals surface area contributed by atoms with E-state index in [4.69, 9.17) is 0 Å². The number of carbonyl (C=O) groups excluding carboxylic acids is 1. The maximum Gasteiger partial charge on any atom is 0.184 e. The van der Waals surface area contributed by atoms with E-state index in [1.54, 1.807) is 12.1 Å². The summed E-state index contributed by atoms with van der Waals surface area (Å²) in [5.74, 6) is -0.927. The van der Waals surface area contributed by atoms with Gasteiger partial charge in [0.1, 0.15) is 5.92 Å². The number of nitriles is 1. The molecule has 0 saturated carbocycles. The van der Waals surface area contributed by atoms with Crippen molar-refractivity contribution in [2.24, 2.45) is 0 Å². The highest BCUT2D eigenvalue weighted by molar-refractivity contribution is 9.10. The number of ketones is 1. The van der Waals surface area contributed by atoms with Crippen LogP contribution in [0.15, 0.2) is 46.9 Å². The van der Waals surface area contributed by atoms with Gasteiger partial charge in [-0.1, -0.05) is 57.9 Å². The first-order valence-electron chi connectivity index (χ1n) is 6.29. The smallest absolute Gasteiger partial charge is 0.184 e. The summed E-state index contributed by atoms with van der Waals surface area (Å²) in [6, 6.07) is 15.1. The lowest BCUT2D eigenvalue weighted by Crippen LogP contribution is -2.11. The molecule has 2 nitrogen and oxygen atoms in total. The van der Waals surface area contributed by atoms with E-state index in [1.165, 1.54) is 0 Å². The van der Waals surface area contributed by atoms with Gasteiger partial charge in [0.25, 0.3) is 0 Å². The van der Waals surface area contributed by atoms with Gasteiger partial charge in [-0.25, -0.2) is 0 Å². The highest BCUT2D eigenvalue weighted by Crippen LogP contribution is 2.24. The van der Waals surface area contributed by atoms with Gasteiger partial charge in [-0.05, 0) is 31.0 Å². The highest BCUT2D eigenvalue weighted by Gasteiger charge is 2.22. The molecule has 0 aromatic heterocycles. The molecule has 0 radical (unpaired) electrons. The number of carbonyl (C=O) groups is 1. The lowest BCUT2D eigenvalue weighted by molar-refractivity contribution is 0.0979. The summed E-state index contributed by atoms with van der Waals surface area (Å²) in [7, 11) is 0. The van der Waals surface area contributed by atoms with E-state index in [0.29, 0.717) is 5.56 Å². The maximum absolute atomic E-state index is 12.5. The molecule has 0 fully saturated rings. The number of hydrogen-bond donors (Lipinski definition) is 0. The Bertz CT molecular complexity index is 700. The predicted octanol–water partition coefficient (Wildman–Crippen LogP) is 4.56. The van der Waals surface area contributed by atoms with Crippen LogP contribution in [-0.2, 0) is 0 Å². The van der Waals surface area contributed by atoms with E-state index < -0.39 is 5.92 Å². The van der Waals surface area contributed by atoms with Gasteiger partial charge >= 0.3 is 0 Å². The van der Waals surface area contributed by atoms with Crippen molar-refractivity contribution in [1.29, 1.82) is 5.26 Å². The SMILES string of the molecule is Cc1cccc(C(C#N)C(=O)c2ccc(C)c(Br)c2)c1. The van der Waals surface area contributed by atoms with Crippen molar-refractivity contribution in [3.05, 3.63) is 69.2 Å². The molecule has 20 heavy (non-hydrogen) atoms. The number of hydrogen-bond acceptors (Lipinski definition) is 2. The molecular weight excluding hydrogens is 314 g/mol. The normalized spacial score (nSPS) is 11.7. The quantitative estimate of drug-likeness (QED) is 0.775. The zero-order chi connectivity index (χ0) is 14.7. The van der Waals surface area contributed by atoms with E-state index in [-0.39, 0.29) is 5.78 Å². The first kappa shape index (κ1) is 14.5. The van der Waals surface area contributed by atoms with Gasteiger partial charge < -0.3 is 0 Å². The molecule has 3 heteroatoms. The summed E-state index contributed by atoms with van der Waals surface area (Å²) in [5, 5.41) is 9.34. The van der Waals surface area contributed by atoms with Gasteiger partial charge in [-0.3, -0.25) is 4.79 Å². The molecule has 100 valence electrons. The van der Waals surface area contributed by atoms with Crippen LogP contribution in [0.5, 0.6) is 0 Å². The summed E-state index contributed by atoms with van der Waals surface area (Å²) in [6.07, 6.45) is 0. The van der Waals surface area contributed by atoms with Gasteiger partial charge in [0.2, 0.25) is 0 Å². The Balaban J connectivity index is 2.39. The highest BCUT2D eigenvalue weighted by atomic mass is 79.9. The summed E-state index contributed by atoms with van der Waals surface area (Å²) < 4.78 is 0.879. The van der Waals surface area contributed by atoms with Crippen LogP contribution in [0, 0.1) is 25.2 Å². The van der Waals surface area contributed by atoms with Gasteiger partial charge in [-0.15, -0.1) is 0 Å². The molecular formula is C17H14BrNO. The van der Waals surface area contributed by atoms with Gasteiger partial charge in [-0.2, -0.15) is 5.26 Å². The molecule has 0 saturated heterocycles. The number of nitrogens with zero attached hydrogens (tertiary/aromatic N) is 1. The zero-order valence-electron chi connectivity index (χ0n) is 11.4. The van der Waals surface area contributed by atoms with Crippen LogP contribution in [-0.4, -0.2) is 5.78 Å². The first-order valence-corrected chi connectivity index (χ1v) is 7.09. The second-order valence-corrected chi connectivity index (χ2v) is 5.66. The van der Waals surface area contributed by atoms with Gasteiger partial charge in [0.15, 0.2) is 5.78 Å². The third-order valence-electron chi connectivity index (χ3n) is 3.22. The molecule has 0 spiro atoms. The second-order valence-electron chi connectivity index (χ2n) is 4.80. The van der Waals surface area contributed by atoms with Crippen LogP contribution >= 0.6 is 15.9 Å². The largest absolute Gasteiger partial charge is 0.292 e. The fraction of sp³-hybridized carbons (Fsp3) is 0.176. The molecule has 2 aromatic carbocycles. The monoisotopic (exact) mass is 327 g/mol. The van der Waals surface area contributed by atoms with E-state index in [0.717, 1.165) is 21.2 Å².